The minimum absolute atomic E-state index is 0.0873. The molecule has 1 N–H and O–H groups in total. The van der Waals surface area contributed by atoms with Crippen molar-refractivity contribution in [1.82, 2.24) is 0 Å². The number of hydrogen-bond donors (Lipinski definition) is 1. The molecule has 5 heteroatoms. The van der Waals surface area contributed by atoms with Gasteiger partial charge in [-0.25, -0.2) is 0 Å². The summed E-state index contributed by atoms with van der Waals surface area (Å²) in [6.07, 6.45) is 2.98. The lowest BCUT2D eigenvalue weighted by Gasteiger charge is -2.03. The SMILES string of the molecule is Cc1coc2ccc(C(=O)CS(C)=O)c(O)c12. The summed E-state index contributed by atoms with van der Waals surface area (Å²) >= 11 is 0. The van der Waals surface area contributed by atoms with E-state index in [9.17, 15) is 14.1 Å². The van der Waals surface area contributed by atoms with Gasteiger partial charge in [0.15, 0.2) is 5.78 Å². The number of furan rings is 1. The summed E-state index contributed by atoms with van der Waals surface area (Å²) < 4.78 is 16.2. The Hall–Kier alpha value is -1.62. The van der Waals surface area contributed by atoms with Crippen LogP contribution in [0.15, 0.2) is 22.8 Å². The standard InChI is InChI=1S/C12H12O4S/c1-7-5-16-10-4-3-8(12(14)11(7)10)9(13)6-17(2)15/h3-5,14H,6H2,1-2H3. The number of hydrogen-bond acceptors (Lipinski definition) is 4. The van der Waals surface area contributed by atoms with Gasteiger partial charge in [-0.15, -0.1) is 0 Å². The predicted molar refractivity (Wildman–Crippen MR) is 65.9 cm³/mol. The number of fused-ring (bicyclic) bond motifs is 1. The second-order valence-electron chi connectivity index (χ2n) is 3.89. The average Bonchev–Trinajstić information content (AvgIpc) is 2.60. The molecule has 0 saturated heterocycles. The second kappa shape index (κ2) is 4.33. The number of carbonyl (C=O) groups excluding carboxylic acids is 1. The van der Waals surface area contributed by atoms with E-state index in [-0.39, 0.29) is 22.8 Å². The Labute approximate surface area is 101 Å². The van der Waals surface area contributed by atoms with Crippen molar-refractivity contribution in [3.05, 3.63) is 29.5 Å². The number of aromatic hydroxyl groups is 1. The zero-order valence-electron chi connectivity index (χ0n) is 9.52. The van der Waals surface area contributed by atoms with Crippen molar-refractivity contribution in [2.45, 2.75) is 6.92 Å². The van der Waals surface area contributed by atoms with Gasteiger partial charge in [-0.05, 0) is 24.6 Å². The van der Waals surface area contributed by atoms with Crippen LogP contribution in [0.2, 0.25) is 0 Å². The van der Waals surface area contributed by atoms with Crippen LogP contribution in [0.5, 0.6) is 5.75 Å². The quantitative estimate of drug-likeness (QED) is 0.848. The molecule has 0 fully saturated rings. The fourth-order valence-corrected chi connectivity index (χ4v) is 2.27. The van der Waals surface area contributed by atoms with Crippen LogP contribution in [-0.2, 0) is 10.8 Å². The number of aryl methyl sites for hydroxylation is 1. The fourth-order valence-electron chi connectivity index (χ4n) is 1.75. The Morgan fingerprint density at radius 3 is 2.82 bits per heavy atom. The van der Waals surface area contributed by atoms with Crippen LogP contribution in [0.4, 0.5) is 0 Å². The van der Waals surface area contributed by atoms with E-state index in [0.717, 1.165) is 5.56 Å². The molecule has 0 radical (unpaired) electrons. The number of ketones is 1. The molecule has 0 aliphatic carbocycles. The Morgan fingerprint density at radius 1 is 1.47 bits per heavy atom. The zero-order valence-corrected chi connectivity index (χ0v) is 10.3. The predicted octanol–water partition coefficient (Wildman–Crippen LogP) is 2.01. The third kappa shape index (κ3) is 2.10. The van der Waals surface area contributed by atoms with Crippen LogP contribution < -0.4 is 0 Å². The maximum absolute atomic E-state index is 11.8. The van der Waals surface area contributed by atoms with Gasteiger partial charge in [0.25, 0.3) is 0 Å². The van der Waals surface area contributed by atoms with Crippen LogP contribution >= 0.6 is 0 Å². The molecule has 90 valence electrons. The first-order chi connectivity index (χ1) is 8.00. The van der Waals surface area contributed by atoms with Gasteiger partial charge in [0.1, 0.15) is 11.3 Å². The highest BCUT2D eigenvalue weighted by Gasteiger charge is 2.17. The first-order valence-electron chi connectivity index (χ1n) is 5.03. The van der Waals surface area contributed by atoms with Crippen LogP contribution in [0, 0.1) is 6.92 Å². The number of phenolic OH excluding ortho intramolecular Hbond substituents is 1. The van der Waals surface area contributed by atoms with E-state index < -0.39 is 10.8 Å². The van der Waals surface area contributed by atoms with Crippen molar-refractivity contribution >= 4 is 27.6 Å². The van der Waals surface area contributed by atoms with Gasteiger partial charge < -0.3 is 9.52 Å². The molecule has 0 saturated carbocycles. The van der Waals surface area contributed by atoms with Crippen molar-refractivity contribution in [1.29, 1.82) is 0 Å². The van der Waals surface area contributed by atoms with Crippen molar-refractivity contribution in [3.8, 4) is 5.75 Å². The first kappa shape index (κ1) is 11.9. The molecule has 1 aromatic carbocycles. The molecule has 0 aliphatic heterocycles. The highest BCUT2D eigenvalue weighted by molar-refractivity contribution is 7.85. The first-order valence-corrected chi connectivity index (χ1v) is 6.76. The molecular formula is C12H12O4S. The van der Waals surface area contributed by atoms with Gasteiger partial charge in [0.2, 0.25) is 0 Å². The number of rotatable bonds is 3. The van der Waals surface area contributed by atoms with Gasteiger partial charge in [-0.1, -0.05) is 0 Å². The molecule has 1 aromatic heterocycles. The highest BCUT2D eigenvalue weighted by Crippen LogP contribution is 2.32. The zero-order chi connectivity index (χ0) is 12.6. The minimum atomic E-state index is -1.22. The summed E-state index contributed by atoms with van der Waals surface area (Å²) in [5.74, 6) is -0.509. The van der Waals surface area contributed by atoms with Gasteiger partial charge in [0.05, 0.1) is 23.0 Å². The van der Waals surface area contributed by atoms with Crippen molar-refractivity contribution in [3.63, 3.8) is 0 Å². The molecule has 1 heterocycles. The largest absolute Gasteiger partial charge is 0.506 e. The monoisotopic (exact) mass is 252 g/mol. The molecule has 4 nitrogen and oxygen atoms in total. The van der Waals surface area contributed by atoms with Crippen LogP contribution in [0.25, 0.3) is 11.0 Å². The summed E-state index contributed by atoms with van der Waals surface area (Å²) in [7, 11) is -1.22. The van der Waals surface area contributed by atoms with Gasteiger partial charge in [-0.2, -0.15) is 0 Å². The molecule has 1 atom stereocenters. The molecule has 0 amide bonds. The van der Waals surface area contributed by atoms with Crippen LogP contribution in [-0.4, -0.2) is 27.1 Å². The lowest BCUT2D eigenvalue weighted by Crippen LogP contribution is -2.09. The summed E-state index contributed by atoms with van der Waals surface area (Å²) in [6.45, 7) is 1.79. The third-order valence-corrected chi connectivity index (χ3v) is 3.20. The summed E-state index contributed by atoms with van der Waals surface area (Å²) in [5.41, 5.74) is 1.50. The number of phenols is 1. The second-order valence-corrected chi connectivity index (χ2v) is 5.33. The van der Waals surface area contributed by atoms with E-state index in [1.807, 2.05) is 0 Å². The lowest BCUT2D eigenvalue weighted by molar-refractivity contribution is 0.101. The lowest BCUT2D eigenvalue weighted by atomic mass is 10.1. The Bertz CT molecular complexity index is 612. The molecular weight excluding hydrogens is 240 g/mol. The molecule has 0 bridgehead atoms. The third-order valence-electron chi connectivity index (χ3n) is 2.53. The molecule has 0 spiro atoms. The van der Waals surface area contributed by atoms with Crippen molar-refractivity contribution in [2.24, 2.45) is 0 Å². The Morgan fingerprint density at radius 2 is 2.18 bits per heavy atom. The number of carbonyl (C=O) groups is 1. The fraction of sp³-hybridized carbons (Fsp3) is 0.250. The van der Waals surface area contributed by atoms with E-state index in [1.165, 1.54) is 18.6 Å². The normalized spacial score (nSPS) is 12.8. The van der Waals surface area contributed by atoms with Gasteiger partial charge >= 0.3 is 0 Å². The van der Waals surface area contributed by atoms with E-state index >= 15 is 0 Å². The van der Waals surface area contributed by atoms with Gasteiger partial charge in [-0.3, -0.25) is 9.00 Å². The topological polar surface area (TPSA) is 67.5 Å². The van der Waals surface area contributed by atoms with Gasteiger partial charge in [0, 0.05) is 17.1 Å². The highest BCUT2D eigenvalue weighted by atomic mass is 32.2. The Kier molecular flexibility index (Phi) is 3.02. The van der Waals surface area contributed by atoms with Crippen LogP contribution in [0.1, 0.15) is 15.9 Å². The smallest absolute Gasteiger partial charge is 0.179 e. The molecule has 17 heavy (non-hydrogen) atoms. The van der Waals surface area contributed by atoms with Crippen LogP contribution in [0.3, 0.4) is 0 Å². The van der Waals surface area contributed by atoms with E-state index in [1.54, 1.807) is 13.0 Å². The average molecular weight is 252 g/mol. The van der Waals surface area contributed by atoms with E-state index in [4.69, 9.17) is 4.42 Å². The molecule has 1 unspecified atom stereocenters. The maximum atomic E-state index is 11.8. The summed E-state index contributed by atoms with van der Waals surface area (Å²) in [4.78, 5) is 11.8. The molecule has 0 aliphatic rings. The Balaban J connectivity index is 2.55. The maximum Gasteiger partial charge on any atom is 0.179 e. The summed E-state index contributed by atoms with van der Waals surface area (Å²) in [5, 5.41) is 10.6. The minimum Gasteiger partial charge on any atom is -0.506 e. The van der Waals surface area contributed by atoms with Crippen molar-refractivity contribution in [2.75, 3.05) is 12.0 Å². The molecule has 2 rings (SSSR count). The number of benzene rings is 1. The number of Topliss-reactive ketones (excluding diaryl/α,β-unsaturated/α-hetero) is 1. The van der Waals surface area contributed by atoms with E-state index in [2.05, 4.69) is 0 Å². The van der Waals surface area contributed by atoms with E-state index in [0.29, 0.717) is 11.0 Å². The van der Waals surface area contributed by atoms with Crippen molar-refractivity contribution < 1.29 is 18.5 Å². The molecule has 2 aromatic rings. The summed E-state index contributed by atoms with van der Waals surface area (Å²) in [6, 6.07) is 3.13.